The lowest BCUT2D eigenvalue weighted by Gasteiger charge is -2.25. The average molecular weight is 649 g/mol. The van der Waals surface area contributed by atoms with E-state index < -0.39 is 34.0 Å². The molecule has 3 aromatic carbocycles. The van der Waals surface area contributed by atoms with E-state index >= 15 is 0 Å². The van der Waals surface area contributed by atoms with Crippen LogP contribution in [0.3, 0.4) is 0 Å². The Labute approximate surface area is 271 Å². The van der Waals surface area contributed by atoms with Gasteiger partial charge in [-0.2, -0.15) is 0 Å². The lowest BCUT2D eigenvalue weighted by atomic mass is 10.0. The number of anilines is 1. The molecule has 0 fully saturated rings. The van der Waals surface area contributed by atoms with Crippen LogP contribution in [0.2, 0.25) is 0 Å². The standard InChI is InChI=1S/C35H44N4O6S/c1-24(2)27-14-10-11-25(17-27)21-36-22-33(40)32-23-45-16-9-8-15-31(26-12-6-5-7-13-26)37-34(41)28-18-29(35(42)38-32)20-30(19-28)39(3)46(4,43)44/h5-14,17-20,24,31-33,36,40H,15-16,21-23H2,1-4H3,(H,37,41)(H,38,42)/b9-8+/t31-,32+,33-/m1/s1. The monoisotopic (exact) mass is 648 g/mol. The number of carbonyl (C=O) groups is 2. The van der Waals surface area contributed by atoms with Crippen molar-refractivity contribution >= 4 is 27.5 Å². The van der Waals surface area contributed by atoms with Crippen molar-refractivity contribution in [2.24, 2.45) is 0 Å². The highest BCUT2D eigenvalue weighted by atomic mass is 32.2. The molecule has 1 heterocycles. The quantitative estimate of drug-likeness (QED) is 0.259. The van der Waals surface area contributed by atoms with Gasteiger partial charge in [0.25, 0.3) is 11.8 Å². The molecule has 10 nitrogen and oxygen atoms in total. The summed E-state index contributed by atoms with van der Waals surface area (Å²) in [6, 6.07) is 20.8. The van der Waals surface area contributed by atoms with Crippen LogP contribution in [0.4, 0.5) is 5.69 Å². The van der Waals surface area contributed by atoms with Crippen LogP contribution in [0.15, 0.2) is 84.9 Å². The number of rotatable bonds is 9. The molecule has 3 aromatic rings. The maximum Gasteiger partial charge on any atom is 0.251 e. The van der Waals surface area contributed by atoms with E-state index in [1.165, 1.54) is 30.8 Å². The number of aliphatic hydroxyl groups excluding tert-OH is 1. The molecule has 1 aliphatic heterocycles. The van der Waals surface area contributed by atoms with E-state index in [0.29, 0.717) is 18.9 Å². The molecule has 2 bridgehead atoms. The number of aliphatic hydroxyl groups is 1. The fraction of sp³-hybridized carbons (Fsp3) is 0.371. The highest BCUT2D eigenvalue weighted by molar-refractivity contribution is 7.92. The summed E-state index contributed by atoms with van der Waals surface area (Å²) in [6.45, 7) is 5.24. The first-order valence-electron chi connectivity index (χ1n) is 15.4. The predicted molar refractivity (Wildman–Crippen MR) is 180 cm³/mol. The van der Waals surface area contributed by atoms with E-state index in [9.17, 15) is 23.1 Å². The van der Waals surface area contributed by atoms with Crippen LogP contribution < -0.4 is 20.3 Å². The molecule has 4 N–H and O–H groups in total. The van der Waals surface area contributed by atoms with E-state index in [2.05, 4.69) is 41.9 Å². The van der Waals surface area contributed by atoms with Crippen molar-refractivity contribution in [1.29, 1.82) is 0 Å². The zero-order valence-electron chi connectivity index (χ0n) is 26.8. The Kier molecular flexibility index (Phi) is 12.1. The number of nitrogens with zero attached hydrogens (tertiary/aromatic N) is 1. The van der Waals surface area contributed by atoms with E-state index in [1.807, 2.05) is 54.6 Å². The molecule has 246 valence electrons. The maximum absolute atomic E-state index is 13.6. The summed E-state index contributed by atoms with van der Waals surface area (Å²) >= 11 is 0. The molecule has 11 heteroatoms. The van der Waals surface area contributed by atoms with Gasteiger partial charge in [0.15, 0.2) is 0 Å². The molecule has 0 spiro atoms. The Morgan fingerprint density at radius 1 is 0.957 bits per heavy atom. The van der Waals surface area contributed by atoms with Crippen LogP contribution in [-0.2, 0) is 21.3 Å². The van der Waals surface area contributed by atoms with Gasteiger partial charge in [-0.1, -0.05) is 80.6 Å². The minimum absolute atomic E-state index is 0.0246. The molecule has 2 amide bonds. The van der Waals surface area contributed by atoms with Gasteiger partial charge in [-0.3, -0.25) is 13.9 Å². The largest absolute Gasteiger partial charge is 0.390 e. The highest BCUT2D eigenvalue weighted by Gasteiger charge is 2.25. The van der Waals surface area contributed by atoms with Crippen molar-refractivity contribution in [1.82, 2.24) is 16.0 Å². The molecule has 4 rings (SSSR count). The van der Waals surface area contributed by atoms with Crippen molar-refractivity contribution in [3.63, 3.8) is 0 Å². The molecule has 0 aromatic heterocycles. The van der Waals surface area contributed by atoms with Crippen molar-refractivity contribution in [2.45, 2.75) is 50.9 Å². The van der Waals surface area contributed by atoms with Gasteiger partial charge in [-0.15, -0.1) is 0 Å². The number of ether oxygens (including phenoxy) is 1. The Morgan fingerprint density at radius 3 is 2.33 bits per heavy atom. The second kappa shape index (κ2) is 16.0. The van der Waals surface area contributed by atoms with Crippen LogP contribution in [0.1, 0.15) is 69.6 Å². The van der Waals surface area contributed by atoms with Crippen LogP contribution in [-0.4, -0.2) is 70.5 Å². The van der Waals surface area contributed by atoms with Crippen molar-refractivity contribution in [3.05, 3.63) is 113 Å². The molecule has 0 unspecified atom stereocenters. The fourth-order valence-corrected chi connectivity index (χ4v) is 5.57. The van der Waals surface area contributed by atoms with Crippen LogP contribution >= 0.6 is 0 Å². The smallest absolute Gasteiger partial charge is 0.251 e. The summed E-state index contributed by atoms with van der Waals surface area (Å²) in [6.07, 6.45) is 4.26. The first-order valence-corrected chi connectivity index (χ1v) is 17.2. The predicted octanol–water partition coefficient (Wildman–Crippen LogP) is 3.90. The number of sulfonamides is 1. The van der Waals surface area contributed by atoms with Crippen LogP contribution in [0.5, 0.6) is 0 Å². The second-order valence-electron chi connectivity index (χ2n) is 11.9. The van der Waals surface area contributed by atoms with Gasteiger partial charge >= 0.3 is 0 Å². The topological polar surface area (TPSA) is 137 Å². The zero-order chi connectivity index (χ0) is 33.3. The van der Waals surface area contributed by atoms with Crippen molar-refractivity contribution < 1.29 is 27.9 Å². The number of benzene rings is 3. The molecule has 1 aliphatic rings. The van der Waals surface area contributed by atoms with Crippen LogP contribution in [0, 0.1) is 0 Å². The molecular formula is C35H44N4O6S. The SMILES string of the molecule is CC(C)c1cccc(CNC[C@@H](O)[C@@H]2COC/C=C/C[C@H](c3ccccc3)NC(=O)c3cc(cc(N(C)S(C)(=O)=O)c3)C(=O)N2)c1. The first kappa shape index (κ1) is 34.8. The summed E-state index contributed by atoms with van der Waals surface area (Å²) < 4.78 is 31.7. The van der Waals surface area contributed by atoms with Gasteiger partial charge in [0, 0.05) is 31.3 Å². The Bertz CT molecular complexity index is 1630. The third-order valence-corrected chi connectivity index (χ3v) is 9.15. The van der Waals surface area contributed by atoms with Crippen LogP contribution in [0.25, 0.3) is 0 Å². The molecule has 3 atom stereocenters. The second-order valence-corrected chi connectivity index (χ2v) is 13.9. The highest BCUT2D eigenvalue weighted by Crippen LogP contribution is 2.23. The first-order chi connectivity index (χ1) is 21.9. The molecule has 46 heavy (non-hydrogen) atoms. The number of fused-ring (bicyclic) bond motifs is 2. The maximum atomic E-state index is 13.6. The molecule has 0 saturated heterocycles. The summed E-state index contributed by atoms with van der Waals surface area (Å²) in [5, 5.41) is 20.3. The molecule has 0 radical (unpaired) electrons. The van der Waals surface area contributed by atoms with Gasteiger partial charge in [0.2, 0.25) is 10.0 Å². The molecule has 0 aliphatic carbocycles. The summed E-state index contributed by atoms with van der Waals surface area (Å²) in [5.41, 5.74) is 3.54. The van der Waals surface area contributed by atoms with Gasteiger partial charge in [0.1, 0.15) is 0 Å². The van der Waals surface area contributed by atoms with E-state index in [0.717, 1.165) is 21.7 Å². The number of carbonyl (C=O) groups excluding carboxylic acids is 2. The van der Waals surface area contributed by atoms with E-state index in [4.69, 9.17) is 4.74 Å². The van der Waals surface area contributed by atoms with Crippen molar-refractivity contribution in [2.75, 3.05) is 37.4 Å². The lowest BCUT2D eigenvalue weighted by Crippen LogP contribution is -2.50. The van der Waals surface area contributed by atoms with Crippen molar-refractivity contribution in [3.8, 4) is 0 Å². The normalized spacial score (nSPS) is 19.3. The summed E-state index contributed by atoms with van der Waals surface area (Å²) in [7, 11) is -2.34. The minimum atomic E-state index is -3.70. The van der Waals surface area contributed by atoms with Gasteiger partial charge < -0.3 is 25.8 Å². The summed E-state index contributed by atoms with van der Waals surface area (Å²) in [4.78, 5) is 27.2. The summed E-state index contributed by atoms with van der Waals surface area (Å²) in [5.74, 6) is -0.652. The number of amides is 2. The Morgan fingerprint density at radius 2 is 1.65 bits per heavy atom. The lowest BCUT2D eigenvalue weighted by molar-refractivity contribution is 0.0516. The van der Waals surface area contributed by atoms with E-state index in [-0.39, 0.29) is 42.6 Å². The number of nitrogens with one attached hydrogen (secondary N) is 3. The fourth-order valence-electron chi connectivity index (χ4n) is 5.08. The number of hydrogen-bond acceptors (Lipinski definition) is 7. The van der Waals surface area contributed by atoms with E-state index in [1.54, 1.807) is 0 Å². The Hall–Kier alpha value is -4.03. The Balaban J connectivity index is 1.60. The number of hydrogen-bond donors (Lipinski definition) is 4. The van der Waals surface area contributed by atoms with Gasteiger partial charge in [-0.05, 0) is 47.2 Å². The van der Waals surface area contributed by atoms with Gasteiger partial charge in [-0.25, -0.2) is 8.42 Å². The minimum Gasteiger partial charge on any atom is -0.390 e. The zero-order valence-corrected chi connectivity index (χ0v) is 27.6. The third-order valence-electron chi connectivity index (χ3n) is 7.94. The molecule has 0 saturated carbocycles. The third kappa shape index (κ3) is 9.73. The average Bonchev–Trinajstić information content (AvgIpc) is 3.04. The molecular weight excluding hydrogens is 604 g/mol. The van der Waals surface area contributed by atoms with Gasteiger partial charge in [0.05, 0.1) is 43.3 Å².